The molecule has 0 aromatic rings. The molecule has 0 saturated carbocycles. The van der Waals surface area contributed by atoms with E-state index in [2.05, 4.69) is 35.7 Å². The second kappa shape index (κ2) is 5.91. The fraction of sp³-hybridized carbons (Fsp3) is 1.00. The first kappa shape index (κ1) is 13.7. The van der Waals surface area contributed by atoms with Crippen molar-refractivity contribution in [3.8, 4) is 0 Å². The number of nitrogens with zero attached hydrogens (tertiary/aromatic N) is 2. The molecule has 2 aliphatic rings. The first-order valence-corrected chi connectivity index (χ1v) is 8.03. The van der Waals surface area contributed by atoms with Crippen molar-refractivity contribution >= 4 is 11.8 Å². The van der Waals surface area contributed by atoms with Gasteiger partial charge in [0.1, 0.15) is 0 Å². The molecule has 2 aliphatic heterocycles. The Kier molecular flexibility index (Phi) is 4.75. The highest BCUT2D eigenvalue weighted by Crippen LogP contribution is 2.33. The molecule has 3 nitrogen and oxygen atoms in total. The Morgan fingerprint density at radius 2 is 2.24 bits per heavy atom. The lowest BCUT2D eigenvalue weighted by molar-refractivity contribution is 0.0413. The summed E-state index contributed by atoms with van der Waals surface area (Å²) in [7, 11) is 4.41. The minimum atomic E-state index is 0.303. The van der Waals surface area contributed by atoms with Crippen molar-refractivity contribution in [2.24, 2.45) is 5.73 Å². The van der Waals surface area contributed by atoms with Crippen molar-refractivity contribution < 1.29 is 0 Å². The van der Waals surface area contributed by atoms with Crippen LogP contribution in [-0.4, -0.2) is 66.6 Å². The molecule has 2 fully saturated rings. The molecule has 0 amide bonds. The van der Waals surface area contributed by atoms with Gasteiger partial charge < -0.3 is 10.6 Å². The summed E-state index contributed by atoms with van der Waals surface area (Å²) in [5.74, 6) is 2.57. The van der Waals surface area contributed by atoms with Crippen LogP contribution in [0, 0.1) is 0 Å². The number of likely N-dealkylation sites (N-methyl/N-ethyl adjacent to an activating group) is 1. The quantitative estimate of drug-likeness (QED) is 0.824. The van der Waals surface area contributed by atoms with E-state index in [0.29, 0.717) is 5.54 Å². The summed E-state index contributed by atoms with van der Waals surface area (Å²) < 4.78 is 0. The molecule has 0 spiro atoms. The van der Waals surface area contributed by atoms with Gasteiger partial charge in [0.15, 0.2) is 0 Å². The van der Waals surface area contributed by atoms with Gasteiger partial charge in [0.2, 0.25) is 0 Å². The van der Waals surface area contributed by atoms with Crippen LogP contribution in [0.3, 0.4) is 0 Å². The van der Waals surface area contributed by atoms with Crippen molar-refractivity contribution in [2.45, 2.75) is 37.3 Å². The number of likely N-dealkylation sites (tertiary alicyclic amines) is 1. The van der Waals surface area contributed by atoms with Gasteiger partial charge >= 0.3 is 0 Å². The first-order valence-electron chi connectivity index (χ1n) is 6.87. The summed E-state index contributed by atoms with van der Waals surface area (Å²) in [4.78, 5) is 5.08. The Bertz CT molecular complexity index is 239. The van der Waals surface area contributed by atoms with E-state index in [4.69, 9.17) is 5.73 Å². The molecular weight excluding hydrogens is 230 g/mol. The molecule has 2 rings (SSSR count). The average molecular weight is 257 g/mol. The molecule has 0 bridgehead atoms. The molecule has 2 N–H and O–H groups in total. The Morgan fingerprint density at radius 1 is 1.41 bits per heavy atom. The Hall–Kier alpha value is 0.230. The third-order valence-electron chi connectivity index (χ3n) is 4.48. The summed E-state index contributed by atoms with van der Waals surface area (Å²) in [6, 6.07) is 0.721. The van der Waals surface area contributed by atoms with Gasteiger partial charge in [0.05, 0.1) is 0 Å². The molecule has 0 aromatic carbocycles. The van der Waals surface area contributed by atoms with Gasteiger partial charge in [-0.05, 0) is 52.1 Å². The highest BCUT2D eigenvalue weighted by molar-refractivity contribution is 7.99. The van der Waals surface area contributed by atoms with E-state index in [1.54, 1.807) is 0 Å². The monoisotopic (exact) mass is 257 g/mol. The summed E-state index contributed by atoms with van der Waals surface area (Å²) in [6.45, 7) is 3.30. The number of hydrogen-bond acceptors (Lipinski definition) is 4. The van der Waals surface area contributed by atoms with Gasteiger partial charge in [-0.1, -0.05) is 0 Å². The fourth-order valence-electron chi connectivity index (χ4n) is 3.18. The second-order valence-corrected chi connectivity index (χ2v) is 6.90. The number of thioether (sulfide) groups is 1. The molecule has 17 heavy (non-hydrogen) atoms. The topological polar surface area (TPSA) is 32.5 Å². The zero-order valence-electron chi connectivity index (χ0n) is 11.3. The maximum Gasteiger partial charge on any atom is 0.0422 e. The van der Waals surface area contributed by atoms with E-state index >= 15 is 0 Å². The fourth-order valence-corrected chi connectivity index (χ4v) is 4.50. The molecule has 100 valence electrons. The number of hydrogen-bond donors (Lipinski definition) is 1. The molecule has 0 aliphatic carbocycles. The third kappa shape index (κ3) is 2.98. The van der Waals surface area contributed by atoms with Crippen molar-refractivity contribution in [2.75, 3.05) is 45.2 Å². The van der Waals surface area contributed by atoms with Crippen molar-refractivity contribution in [1.82, 2.24) is 9.80 Å². The van der Waals surface area contributed by atoms with Crippen LogP contribution < -0.4 is 5.73 Å². The minimum Gasteiger partial charge on any atom is -0.329 e. The summed E-state index contributed by atoms with van der Waals surface area (Å²) in [5, 5.41) is 0. The van der Waals surface area contributed by atoms with Crippen LogP contribution >= 0.6 is 11.8 Å². The maximum absolute atomic E-state index is 6.12. The Morgan fingerprint density at radius 3 is 2.82 bits per heavy atom. The molecule has 4 heteroatoms. The lowest BCUT2D eigenvalue weighted by Gasteiger charge is -2.49. The van der Waals surface area contributed by atoms with E-state index in [9.17, 15) is 0 Å². The third-order valence-corrected chi connectivity index (χ3v) is 5.80. The van der Waals surface area contributed by atoms with Gasteiger partial charge in [-0.15, -0.1) is 0 Å². The molecular formula is C13H27N3S. The SMILES string of the molecule is CN(C)C1CCCN(C2(CN)CCCSC2)C1. The second-order valence-electron chi connectivity index (χ2n) is 5.79. The van der Waals surface area contributed by atoms with Gasteiger partial charge in [-0.3, -0.25) is 4.90 Å². The summed E-state index contributed by atoms with van der Waals surface area (Å²) in [6.07, 6.45) is 5.31. The Labute approximate surface area is 110 Å². The van der Waals surface area contributed by atoms with Gasteiger partial charge in [-0.25, -0.2) is 0 Å². The van der Waals surface area contributed by atoms with Crippen LogP contribution in [0.4, 0.5) is 0 Å². The van der Waals surface area contributed by atoms with Crippen LogP contribution in [0.5, 0.6) is 0 Å². The number of rotatable bonds is 3. The summed E-state index contributed by atoms with van der Waals surface area (Å²) >= 11 is 2.09. The van der Waals surface area contributed by atoms with Crippen LogP contribution in [0.1, 0.15) is 25.7 Å². The van der Waals surface area contributed by atoms with E-state index in [1.165, 1.54) is 50.3 Å². The van der Waals surface area contributed by atoms with E-state index in [-0.39, 0.29) is 0 Å². The number of piperidine rings is 1. The van der Waals surface area contributed by atoms with Crippen LogP contribution in [0.2, 0.25) is 0 Å². The van der Waals surface area contributed by atoms with E-state index in [1.807, 2.05) is 0 Å². The highest BCUT2D eigenvalue weighted by atomic mass is 32.2. The van der Waals surface area contributed by atoms with Crippen molar-refractivity contribution in [3.63, 3.8) is 0 Å². The van der Waals surface area contributed by atoms with Crippen LogP contribution in [0.15, 0.2) is 0 Å². The first-order chi connectivity index (χ1) is 8.18. The zero-order chi connectivity index (χ0) is 12.3. The summed E-state index contributed by atoms with van der Waals surface area (Å²) in [5.41, 5.74) is 6.43. The van der Waals surface area contributed by atoms with Gasteiger partial charge in [-0.2, -0.15) is 11.8 Å². The molecule has 2 saturated heterocycles. The zero-order valence-corrected chi connectivity index (χ0v) is 12.1. The maximum atomic E-state index is 6.12. The Balaban J connectivity index is 2.03. The smallest absolute Gasteiger partial charge is 0.0422 e. The molecule has 2 heterocycles. The largest absolute Gasteiger partial charge is 0.329 e. The van der Waals surface area contributed by atoms with E-state index < -0.39 is 0 Å². The normalized spacial score (nSPS) is 36.4. The highest BCUT2D eigenvalue weighted by Gasteiger charge is 2.39. The average Bonchev–Trinajstić information content (AvgIpc) is 2.39. The van der Waals surface area contributed by atoms with Crippen molar-refractivity contribution in [1.29, 1.82) is 0 Å². The van der Waals surface area contributed by atoms with Crippen LogP contribution in [0.25, 0.3) is 0 Å². The lowest BCUT2D eigenvalue weighted by atomic mass is 9.89. The van der Waals surface area contributed by atoms with Crippen molar-refractivity contribution in [3.05, 3.63) is 0 Å². The predicted octanol–water partition coefficient (Wildman–Crippen LogP) is 1.24. The molecule has 2 atom stereocenters. The number of nitrogens with two attached hydrogens (primary N) is 1. The minimum absolute atomic E-state index is 0.303. The standard InChI is InChI=1S/C13H27N3S/c1-15(2)12-5-3-7-16(9-12)13(10-14)6-4-8-17-11-13/h12H,3-11,14H2,1-2H3. The molecule has 0 radical (unpaired) electrons. The lowest BCUT2D eigenvalue weighted by Crippen LogP contribution is -2.61. The predicted molar refractivity (Wildman–Crippen MR) is 76.6 cm³/mol. The van der Waals surface area contributed by atoms with Gasteiger partial charge in [0, 0.05) is 30.4 Å². The molecule has 0 aromatic heterocycles. The van der Waals surface area contributed by atoms with Gasteiger partial charge in [0.25, 0.3) is 0 Å². The molecule has 2 unspecified atom stereocenters. The van der Waals surface area contributed by atoms with Crippen LogP contribution in [-0.2, 0) is 0 Å². The van der Waals surface area contributed by atoms with E-state index in [0.717, 1.165) is 12.6 Å².